The maximum Gasteiger partial charge on any atom is 0.411 e. The van der Waals surface area contributed by atoms with Gasteiger partial charge in [0.25, 0.3) is 0 Å². The van der Waals surface area contributed by atoms with Crippen LogP contribution in [0.5, 0.6) is 0 Å². The summed E-state index contributed by atoms with van der Waals surface area (Å²) in [4.78, 5) is 25.6. The molecule has 1 amide bonds. The van der Waals surface area contributed by atoms with E-state index in [0.717, 1.165) is 32.1 Å². The van der Waals surface area contributed by atoms with Gasteiger partial charge in [-0.3, -0.25) is 4.90 Å². The van der Waals surface area contributed by atoms with Gasteiger partial charge in [-0.05, 0) is 64.4 Å². The lowest BCUT2D eigenvalue weighted by atomic mass is 9.85. The van der Waals surface area contributed by atoms with Crippen molar-refractivity contribution in [2.75, 3.05) is 6.54 Å². The summed E-state index contributed by atoms with van der Waals surface area (Å²) in [6.45, 7) is 5.83. The molecule has 1 aliphatic rings. The number of carbonyl (C=O) groups is 2. The number of ether oxygens (including phenoxy) is 1. The highest BCUT2D eigenvalue weighted by molar-refractivity contribution is 5.80. The molecule has 1 aromatic carbocycles. The molecule has 5 heteroatoms. The van der Waals surface area contributed by atoms with E-state index in [0.29, 0.717) is 6.54 Å². The van der Waals surface area contributed by atoms with Crippen molar-refractivity contribution in [2.45, 2.75) is 64.5 Å². The number of piperidine rings is 1. The highest BCUT2D eigenvalue weighted by Gasteiger charge is 2.40. The van der Waals surface area contributed by atoms with Crippen LogP contribution in [0, 0.1) is 5.92 Å². The van der Waals surface area contributed by atoms with Gasteiger partial charge in [0.2, 0.25) is 0 Å². The van der Waals surface area contributed by atoms with Gasteiger partial charge >= 0.3 is 12.1 Å². The van der Waals surface area contributed by atoms with E-state index in [9.17, 15) is 14.7 Å². The van der Waals surface area contributed by atoms with Crippen LogP contribution in [0.1, 0.15) is 52.0 Å². The molecule has 25 heavy (non-hydrogen) atoms. The Kier molecular flexibility index (Phi) is 6.45. The highest BCUT2D eigenvalue weighted by atomic mass is 16.6. The zero-order valence-corrected chi connectivity index (χ0v) is 15.4. The molecule has 1 fully saturated rings. The number of likely N-dealkylation sites (tertiary alicyclic amines) is 1. The van der Waals surface area contributed by atoms with Crippen LogP contribution in [0.2, 0.25) is 0 Å². The molecule has 1 aromatic rings. The standard InChI is InChI=1S/C20H29NO4/c1-20(2,3)25-19(24)21-14-8-13-16(17(21)18(22)23)12-7-11-15-9-5-4-6-10-15/h4-6,9-10,16-17H,7-8,11-14H2,1-3H3,(H,22,23)/t16-,17-/m0/s1. The van der Waals surface area contributed by atoms with Crippen LogP contribution in [0.3, 0.4) is 0 Å². The molecule has 0 saturated carbocycles. The van der Waals surface area contributed by atoms with Crippen LogP contribution in [-0.4, -0.2) is 40.3 Å². The van der Waals surface area contributed by atoms with Crippen LogP contribution in [0.25, 0.3) is 0 Å². The Labute approximate surface area is 150 Å². The molecule has 138 valence electrons. The molecule has 5 nitrogen and oxygen atoms in total. The second-order valence-corrected chi connectivity index (χ2v) is 7.74. The summed E-state index contributed by atoms with van der Waals surface area (Å²) >= 11 is 0. The zero-order chi connectivity index (χ0) is 18.4. The molecule has 2 atom stereocenters. The van der Waals surface area contributed by atoms with E-state index >= 15 is 0 Å². The summed E-state index contributed by atoms with van der Waals surface area (Å²) in [6.07, 6.45) is 3.78. The minimum Gasteiger partial charge on any atom is -0.480 e. The fourth-order valence-corrected chi connectivity index (χ4v) is 3.45. The summed E-state index contributed by atoms with van der Waals surface area (Å²) in [5.74, 6) is -0.960. The van der Waals surface area contributed by atoms with Crippen molar-refractivity contribution in [2.24, 2.45) is 5.92 Å². The first-order valence-electron chi connectivity index (χ1n) is 9.04. The van der Waals surface area contributed by atoms with E-state index in [1.54, 1.807) is 20.8 Å². The first kappa shape index (κ1) is 19.3. The number of nitrogens with zero attached hydrogens (tertiary/aromatic N) is 1. The van der Waals surface area contributed by atoms with Gasteiger partial charge in [-0.15, -0.1) is 0 Å². The first-order valence-corrected chi connectivity index (χ1v) is 9.04. The Morgan fingerprint density at radius 1 is 1.24 bits per heavy atom. The molecule has 1 N–H and O–H groups in total. The lowest BCUT2D eigenvalue weighted by molar-refractivity contribution is -0.147. The van der Waals surface area contributed by atoms with Crippen molar-refractivity contribution < 1.29 is 19.4 Å². The molecular formula is C20H29NO4. The fourth-order valence-electron chi connectivity index (χ4n) is 3.45. The molecular weight excluding hydrogens is 318 g/mol. The number of amides is 1. The molecule has 0 spiro atoms. The third-order valence-electron chi connectivity index (χ3n) is 4.52. The predicted octanol–water partition coefficient (Wildman–Crippen LogP) is 4.11. The van der Waals surface area contributed by atoms with E-state index in [2.05, 4.69) is 12.1 Å². The Hall–Kier alpha value is -2.04. The molecule has 0 unspecified atom stereocenters. The summed E-state index contributed by atoms with van der Waals surface area (Å²) in [5, 5.41) is 9.69. The molecule has 1 aliphatic heterocycles. The van der Waals surface area contributed by atoms with Crippen LogP contribution < -0.4 is 0 Å². The predicted molar refractivity (Wildman–Crippen MR) is 96.5 cm³/mol. The third-order valence-corrected chi connectivity index (χ3v) is 4.52. The van der Waals surface area contributed by atoms with Gasteiger partial charge in [0, 0.05) is 6.54 Å². The molecule has 1 heterocycles. The third kappa shape index (κ3) is 5.76. The van der Waals surface area contributed by atoms with Crippen LogP contribution in [0.4, 0.5) is 4.79 Å². The average molecular weight is 347 g/mol. The van der Waals surface area contributed by atoms with Gasteiger partial charge in [-0.1, -0.05) is 30.3 Å². The number of carbonyl (C=O) groups excluding carboxylic acids is 1. The van der Waals surface area contributed by atoms with Crippen molar-refractivity contribution in [3.63, 3.8) is 0 Å². The maximum absolute atomic E-state index is 12.4. The summed E-state index contributed by atoms with van der Waals surface area (Å²) in [5.41, 5.74) is 0.634. The second kappa shape index (κ2) is 8.37. The smallest absolute Gasteiger partial charge is 0.411 e. The summed E-state index contributed by atoms with van der Waals surface area (Å²) < 4.78 is 5.40. The highest BCUT2D eigenvalue weighted by Crippen LogP contribution is 2.29. The van der Waals surface area contributed by atoms with Gasteiger partial charge in [-0.25, -0.2) is 9.59 Å². The van der Waals surface area contributed by atoms with Gasteiger partial charge in [-0.2, -0.15) is 0 Å². The van der Waals surface area contributed by atoms with Gasteiger partial charge in [0.1, 0.15) is 11.6 Å². The van der Waals surface area contributed by atoms with Crippen molar-refractivity contribution in [1.29, 1.82) is 0 Å². The maximum atomic E-state index is 12.4. The number of aryl methyl sites for hydroxylation is 1. The number of hydrogen-bond donors (Lipinski definition) is 1. The Balaban J connectivity index is 1.99. The van der Waals surface area contributed by atoms with Crippen molar-refractivity contribution in [1.82, 2.24) is 4.90 Å². The SMILES string of the molecule is CC(C)(C)OC(=O)N1CCC[C@H](CCCc2ccccc2)[C@H]1C(=O)O. The Morgan fingerprint density at radius 2 is 1.92 bits per heavy atom. The summed E-state index contributed by atoms with van der Waals surface area (Å²) in [6, 6.07) is 9.40. The normalized spacial score (nSPS) is 21.0. The lowest BCUT2D eigenvalue weighted by Crippen LogP contribution is -2.53. The van der Waals surface area contributed by atoms with Crippen molar-refractivity contribution in [3.05, 3.63) is 35.9 Å². The molecule has 0 aliphatic carbocycles. The van der Waals surface area contributed by atoms with Crippen LogP contribution in [-0.2, 0) is 16.0 Å². The van der Waals surface area contributed by atoms with E-state index in [-0.39, 0.29) is 5.92 Å². The second-order valence-electron chi connectivity index (χ2n) is 7.74. The van der Waals surface area contributed by atoms with Crippen LogP contribution >= 0.6 is 0 Å². The van der Waals surface area contributed by atoms with E-state index in [1.165, 1.54) is 10.5 Å². The number of rotatable bonds is 5. The summed E-state index contributed by atoms with van der Waals surface area (Å²) in [7, 11) is 0. The van der Waals surface area contributed by atoms with Crippen LogP contribution in [0.15, 0.2) is 30.3 Å². The average Bonchev–Trinajstić information content (AvgIpc) is 2.54. The molecule has 0 bridgehead atoms. The quantitative estimate of drug-likeness (QED) is 0.870. The van der Waals surface area contributed by atoms with E-state index < -0.39 is 23.7 Å². The van der Waals surface area contributed by atoms with E-state index in [1.807, 2.05) is 18.2 Å². The zero-order valence-electron chi connectivity index (χ0n) is 15.4. The number of benzene rings is 1. The lowest BCUT2D eigenvalue weighted by Gasteiger charge is -2.39. The molecule has 0 radical (unpaired) electrons. The molecule has 0 aromatic heterocycles. The topological polar surface area (TPSA) is 66.8 Å². The van der Waals surface area contributed by atoms with Gasteiger partial charge in [0.15, 0.2) is 0 Å². The molecule has 1 saturated heterocycles. The van der Waals surface area contributed by atoms with Crippen molar-refractivity contribution >= 4 is 12.1 Å². The number of carboxylic acid groups (broad SMARTS) is 1. The fraction of sp³-hybridized carbons (Fsp3) is 0.600. The molecule has 2 rings (SSSR count). The Morgan fingerprint density at radius 3 is 2.52 bits per heavy atom. The minimum absolute atomic E-state index is 0.0255. The number of hydrogen-bond acceptors (Lipinski definition) is 3. The largest absolute Gasteiger partial charge is 0.480 e. The minimum atomic E-state index is -0.935. The van der Waals surface area contributed by atoms with Gasteiger partial charge < -0.3 is 9.84 Å². The number of aliphatic carboxylic acids is 1. The first-order chi connectivity index (χ1) is 11.8. The van der Waals surface area contributed by atoms with Gasteiger partial charge in [0.05, 0.1) is 0 Å². The van der Waals surface area contributed by atoms with E-state index in [4.69, 9.17) is 4.74 Å². The monoisotopic (exact) mass is 347 g/mol. The Bertz CT molecular complexity index is 579. The number of carboxylic acids is 1. The van der Waals surface area contributed by atoms with Crippen molar-refractivity contribution in [3.8, 4) is 0 Å².